The van der Waals surface area contributed by atoms with Gasteiger partial charge in [-0.3, -0.25) is 9.59 Å². The van der Waals surface area contributed by atoms with E-state index in [-0.39, 0.29) is 11.8 Å². The van der Waals surface area contributed by atoms with Gasteiger partial charge in [-0.1, -0.05) is 0 Å². The van der Waals surface area contributed by atoms with Gasteiger partial charge in [0.1, 0.15) is 5.69 Å². The Labute approximate surface area is 144 Å². The molecule has 1 N–H and O–H groups in total. The standard InChI is InChI=1S/C17H29N5O2/c1-5-21(6-2)17(24)15-19-14(13-9-7-8-11-22(13)15)16(23)18-10-12-20(3)4/h5-12H2,1-4H3,(H,18,23). The van der Waals surface area contributed by atoms with E-state index in [0.717, 1.165) is 38.0 Å². The van der Waals surface area contributed by atoms with Crippen LogP contribution in [-0.4, -0.2) is 71.4 Å². The zero-order chi connectivity index (χ0) is 17.7. The first kappa shape index (κ1) is 18.4. The fourth-order valence-corrected chi connectivity index (χ4v) is 3.02. The van der Waals surface area contributed by atoms with Crippen molar-refractivity contribution in [2.75, 3.05) is 40.3 Å². The number of carbonyl (C=O) groups is 2. The van der Waals surface area contributed by atoms with Gasteiger partial charge in [0.15, 0.2) is 5.82 Å². The van der Waals surface area contributed by atoms with E-state index in [1.54, 1.807) is 4.90 Å². The number of hydrogen-bond acceptors (Lipinski definition) is 4. The quantitative estimate of drug-likeness (QED) is 0.807. The highest BCUT2D eigenvalue weighted by molar-refractivity contribution is 5.97. The fraction of sp³-hybridized carbons (Fsp3) is 0.706. The Morgan fingerprint density at radius 1 is 1.21 bits per heavy atom. The van der Waals surface area contributed by atoms with Gasteiger partial charge in [-0.25, -0.2) is 4.98 Å². The molecule has 1 aromatic rings. The minimum absolute atomic E-state index is 0.0875. The molecule has 0 fully saturated rings. The number of imidazole rings is 1. The molecule has 0 saturated heterocycles. The largest absolute Gasteiger partial charge is 0.349 e. The van der Waals surface area contributed by atoms with Gasteiger partial charge in [-0.2, -0.15) is 0 Å². The van der Waals surface area contributed by atoms with Crippen molar-refractivity contribution in [2.45, 2.75) is 39.7 Å². The van der Waals surface area contributed by atoms with Crippen LogP contribution < -0.4 is 5.32 Å². The third kappa shape index (κ3) is 3.95. The van der Waals surface area contributed by atoms with Gasteiger partial charge in [0.2, 0.25) is 0 Å². The second kappa shape index (κ2) is 8.28. The molecular formula is C17H29N5O2. The van der Waals surface area contributed by atoms with Crippen LogP contribution in [0.15, 0.2) is 0 Å². The molecule has 0 saturated carbocycles. The number of nitrogens with zero attached hydrogens (tertiary/aromatic N) is 4. The van der Waals surface area contributed by atoms with Gasteiger partial charge in [0.05, 0.1) is 5.69 Å². The predicted molar refractivity (Wildman–Crippen MR) is 93.3 cm³/mol. The van der Waals surface area contributed by atoms with Crippen molar-refractivity contribution in [1.29, 1.82) is 0 Å². The summed E-state index contributed by atoms with van der Waals surface area (Å²) in [5, 5.41) is 2.91. The zero-order valence-electron chi connectivity index (χ0n) is 15.3. The van der Waals surface area contributed by atoms with Crippen LogP contribution in [0.4, 0.5) is 0 Å². The minimum atomic E-state index is -0.180. The molecule has 134 valence electrons. The summed E-state index contributed by atoms with van der Waals surface area (Å²) in [5.74, 6) is 0.141. The second-order valence-corrected chi connectivity index (χ2v) is 6.38. The second-order valence-electron chi connectivity index (χ2n) is 6.38. The Hall–Kier alpha value is -1.89. The van der Waals surface area contributed by atoms with Crippen molar-refractivity contribution in [3.63, 3.8) is 0 Å². The summed E-state index contributed by atoms with van der Waals surface area (Å²) >= 11 is 0. The topological polar surface area (TPSA) is 70.5 Å². The lowest BCUT2D eigenvalue weighted by molar-refractivity contribution is 0.0754. The number of fused-ring (bicyclic) bond motifs is 1. The summed E-state index contributed by atoms with van der Waals surface area (Å²) in [4.78, 5) is 33.4. The molecule has 0 unspecified atom stereocenters. The van der Waals surface area contributed by atoms with Crippen LogP contribution in [0.1, 0.15) is 53.5 Å². The first-order chi connectivity index (χ1) is 11.5. The normalized spacial score (nSPS) is 13.7. The third-order valence-electron chi connectivity index (χ3n) is 4.42. The van der Waals surface area contributed by atoms with Gasteiger partial charge in [0, 0.05) is 32.7 Å². The molecule has 0 aromatic carbocycles. The molecule has 0 radical (unpaired) electrons. The van der Waals surface area contributed by atoms with Crippen LogP contribution in [0.5, 0.6) is 0 Å². The summed E-state index contributed by atoms with van der Waals surface area (Å²) < 4.78 is 1.95. The van der Waals surface area contributed by atoms with E-state index in [4.69, 9.17) is 0 Å². The maximum absolute atomic E-state index is 12.7. The summed E-state index contributed by atoms with van der Waals surface area (Å²) in [5.41, 5.74) is 1.32. The van der Waals surface area contributed by atoms with Gasteiger partial charge >= 0.3 is 0 Å². The molecule has 7 nitrogen and oxygen atoms in total. The van der Waals surface area contributed by atoms with E-state index in [1.165, 1.54) is 0 Å². The van der Waals surface area contributed by atoms with E-state index in [1.807, 2.05) is 37.4 Å². The lowest BCUT2D eigenvalue weighted by Gasteiger charge is -2.21. The number of hydrogen-bond donors (Lipinski definition) is 1. The number of nitrogens with one attached hydrogen (secondary N) is 1. The number of amides is 2. The van der Waals surface area contributed by atoms with Crippen molar-refractivity contribution in [3.05, 3.63) is 17.2 Å². The molecule has 7 heteroatoms. The molecule has 0 atom stereocenters. The lowest BCUT2D eigenvalue weighted by atomic mass is 10.1. The first-order valence-corrected chi connectivity index (χ1v) is 8.81. The van der Waals surface area contributed by atoms with Crippen LogP contribution in [0.2, 0.25) is 0 Å². The van der Waals surface area contributed by atoms with Crippen molar-refractivity contribution in [1.82, 2.24) is 24.7 Å². The Bertz CT molecular complexity index is 590. The number of rotatable bonds is 7. The minimum Gasteiger partial charge on any atom is -0.349 e. The van der Waals surface area contributed by atoms with Crippen LogP contribution in [0, 0.1) is 0 Å². The molecule has 0 bridgehead atoms. The van der Waals surface area contributed by atoms with Crippen molar-refractivity contribution in [2.24, 2.45) is 0 Å². The number of aromatic nitrogens is 2. The lowest BCUT2D eigenvalue weighted by Crippen LogP contribution is -2.33. The molecule has 1 aliphatic heterocycles. The first-order valence-electron chi connectivity index (χ1n) is 8.81. The third-order valence-corrected chi connectivity index (χ3v) is 4.42. The van der Waals surface area contributed by atoms with Gasteiger partial charge < -0.3 is 19.7 Å². The molecule has 0 aliphatic carbocycles. The molecule has 2 amide bonds. The average molecular weight is 335 g/mol. The SMILES string of the molecule is CCN(CC)C(=O)c1nc(C(=O)NCCN(C)C)c2n1CCCC2. The van der Waals surface area contributed by atoms with E-state index < -0.39 is 0 Å². The molecular weight excluding hydrogens is 306 g/mol. The number of carbonyl (C=O) groups excluding carboxylic acids is 2. The number of likely N-dealkylation sites (N-methyl/N-ethyl adjacent to an activating group) is 1. The average Bonchev–Trinajstić information content (AvgIpc) is 2.95. The Morgan fingerprint density at radius 3 is 2.54 bits per heavy atom. The monoisotopic (exact) mass is 335 g/mol. The van der Waals surface area contributed by atoms with E-state index >= 15 is 0 Å². The Balaban J connectivity index is 2.26. The highest BCUT2D eigenvalue weighted by atomic mass is 16.2. The molecule has 1 aliphatic rings. The smallest absolute Gasteiger partial charge is 0.289 e. The van der Waals surface area contributed by atoms with E-state index in [2.05, 4.69) is 10.3 Å². The Morgan fingerprint density at radius 2 is 1.92 bits per heavy atom. The maximum Gasteiger partial charge on any atom is 0.289 e. The van der Waals surface area contributed by atoms with E-state index in [9.17, 15) is 9.59 Å². The van der Waals surface area contributed by atoms with Crippen LogP contribution in [0.3, 0.4) is 0 Å². The van der Waals surface area contributed by atoms with Crippen LogP contribution >= 0.6 is 0 Å². The Kier molecular flexibility index (Phi) is 6.36. The molecule has 24 heavy (non-hydrogen) atoms. The van der Waals surface area contributed by atoms with Crippen LogP contribution in [-0.2, 0) is 13.0 Å². The van der Waals surface area contributed by atoms with Gasteiger partial charge in [-0.15, -0.1) is 0 Å². The summed E-state index contributed by atoms with van der Waals surface area (Å²) in [6.45, 7) is 7.29. The highest BCUT2D eigenvalue weighted by Gasteiger charge is 2.28. The van der Waals surface area contributed by atoms with E-state index in [0.29, 0.717) is 31.2 Å². The van der Waals surface area contributed by atoms with Gasteiger partial charge in [-0.05, 0) is 47.2 Å². The molecule has 0 spiro atoms. The highest BCUT2D eigenvalue weighted by Crippen LogP contribution is 2.22. The van der Waals surface area contributed by atoms with Gasteiger partial charge in [0.25, 0.3) is 11.8 Å². The summed E-state index contributed by atoms with van der Waals surface area (Å²) in [6, 6.07) is 0. The van der Waals surface area contributed by atoms with Crippen molar-refractivity contribution >= 4 is 11.8 Å². The zero-order valence-corrected chi connectivity index (χ0v) is 15.3. The molecule has 1 aromatic heterocycles. The van der Waals surface area contributed by atoms with Crippen molar-refractivity contribution < 1.29 is 9.59 Å². The maximum atomic E-state index is 12.7. The fourth-order valence-electron chi connectivity index (χ4n) is 3.02. The summed E-state index contributed by atoms with van der Waals surface area (Å²) in [6.07, 6.45) is 2.85. The molecule has 2 rings (SSSR count). The predicted octanol–water partition coefficient (Wildman–Crippen LogP) is 0.993. The van der Waals surface area contributed by atoms with Crippen molar-refractivity contribution in [3.8, 4) is 0 Å². The summed E-state index contributed by atoms with van der Waals surface area (Å²) in [7, 11) is 3.93. The molecule has 2 heterocycles. The van der Waals surface area contributed by atoms with Crippen LogP contribution in [0.25, 0.3) is 0 Å².